The molecule has 0 radical (unpaired) electrons. The lowest BCUT2D eigenvalue weighted by Gasteiger charge is -2.28. The van der Waals surface area contributed by atoms with Crippen molar-refractivity contribution in [3.63, 3.8) is 0 Å². The Bertz CT molecular complexity index is 163. The molecule has 0 spiro atoms. The van der Waals surface area contributed by atoms with Crippen LogP contribution in [0.5, 0.6) is 0 Å². The molecule has 86 valence electrons. The highest BCUT2D eigenvalue weighted by atomic mass is 31.1. The van der Waals surface area contributed by atoms with E-state index < -0.39 is 13.9 Å². The lowest BCUT2D eigenvalue weighted by Crippen LogP contribution is -2.25. The molecular weight excluding hydrogens is 199 g/mol. The van der Waals surface area contributed by atoms with Crippen molar-refractivity contribution in [1.82, 2.24) is 0 Å². The SMILES string of the molecule is CCCCC(C)(CCCC)O[PH](=O)O. The molecule has 0 aliphatic carbocycles. The molecule has 0 aromatic rings. The van der Waals surface area contributed by atoms with Crippen LogP contribution in [0.2, 0.25) is 0 Å². The molecule has 1 unspecified atom stereocenters. The van der Waals surface area contributed by atoms with Gasteiger partial charge in [-0.1, -0.05) is 39.5 Å². The third-order valence-corrected chi connectivity index (χ3v) is 3.12. The predicted molar refractivity (Wildman–Crippen MR) is 59.8 cm³/mol. The second-order valence-electron chi connectivity index (χ2n) is 4.02. The van der Waals surface area contributed by atoms with Crippen molar-refractivity contribution in [2.45, 2.75) is 64.9 Å². The Hall–Kier alpha value is 0.150. The molecule has 0 aromatic carbocycles. The normalized spacial score (nSPS) is 14.3. The molecule has 0 saturated carbocycles. The van der Waals surface area contributed by atoms with Crippen LogP contribution in [-0.4, -0.2) is 10.5 Å². The van der Waals surface area contributed by atoms with Crippen LogP contribution in [0.4, 0.5) is 0 Å². The van der Waals surface area contributed by atoms with E-state index in [4.69, 9.17) is 9.42 Å². The molecule has 0 amide bonds. The first-order valence-electron chi connectivity index (χ1n) is 5.46. The van der Waals surface area contributed by atoms with Crippen LogP contribution >= 0.6 is 8.25 Å². The van der Waals surface area contributed by atoms with Gasteiger partial charge in [0.1, 0.15) is 0 Å². The van der Waals surface area contributed by atoms with Crippen LogP contribution in [0.25, 0.3) is 0 Å². The van der Waals surface area contributed by atoms with Crippen LogP contribution in [0.1, 0.15) is 59.3 Å². The largest absolute Gasteiger partial charge is 0.326 e. The highest BCUT2D eigenvalue weighted by Gasteiger charge is 2.25. The molecule has 0 rings (SSSR count). The molecule has 0 bridgehead atoms. The van der Waals surface area contributed by atoms with Crippen molar-refractivity contribution in [2.75, 3.05) is 0 Å². The molecule has 0 aliphatic rings. The van der Waals surface area contributed by atoms with Gasteiger partial charge in [0.25, 0.3) is 0 Å². The van der Waals surface area contributed by atoms with Crippen molar-refractivity contribution in [1.29, 1.82) is 0 Å². The van der Waals surface area contributed by atoms with Crippen molar-refractivity contribution >= 4 is 8.25 Å². The first-order chi connectivity index (χ1) is 6.54. The monoisotopic (exact) mass is 222 g/mol. The zero-order valence-electron chi connectivity index (χ0n) is 9.51. The van der Waals surface area contributed by atoms with Gasteiger partial charge in [-0.05, 0) is 19.8 Å². The molecule has 0 aliphatic heterocycles. The zero-order chi connectivity index (χ0) is 11.0. The standard InChI is InChI=1S/C10H23O3P/c1-4-6-8-10(3,9-7-5-2)13-14(11)12/h14H,4-9H2,1-3H3,(H,11,12). The highest BCUT2D eigenvalue weighted by molar-refractivity contribution is 7.32. The van der Waals surface area contributed by atoms with Crippen molar-refractivity contribution in [3.8, 4) is 0 Å². The Morgan fingerprint density at radius 1 is 1.21 bits per heavy atom. The minimum atomic E-state index is -2.80. The van der Waals surface area contributed by atoms with Gasteiger partial charge >= 0.3 is 8.25 Å². The van der Waals surface area contributed by atoms with E-state index in [1.165, 1.54) is 0 Å². The fourth-order valence-electron chi connectivity index (χ4n) is 1.54. The maximum Gasteiger partial charge on any atom is 0.317 e. The minimum absolute atomic E-state index is 0.392. The van der Waals surface area contributed by atoms with E-state index in [2.05, 4.69) is 13.8 Å². The number of rotatable bonds is 8. The molecule has 14 heavy (non-hydrogen) atoms. The van der Waals surface area contributed by atoms with Gasteiger partial charge < -0.3 is 9.42 Å². The average Bonchev–Trinajstić information content (AvgIpc) is 2.11. The second kappa shape index (κ2) is 7.44. The summed E-state index contributed by atoms with van der Waals surface area (Å²) in [5.74, 6) is 0. The van der Waals surface area contributed by atoms with Gasteiger partial charge in [0, 0.05) is 0 Å². The Morgan fingerprint density at radius 3 is 1.93 bits per heavy atom. The van der Waals surface area contributed by atoms with Crippen molar-refractivity contribution in [3.05, 3.63) is 0 Å². The molecule has 0 aromatic heterocycles. The third-order valence-electron chi connectivity index (χ3n) is 2.45. The maximum absolute atomic E-state index is 10.7. The van der Waals surface area contributed by atoms with E-state index in [1.807, 2.05) is 6.92 Å². The summed E-state index contributed by atoms with van der Waals surface area (Å²) in [5, 5.41) is 0. The van der Waals surface area contributed by atoms with Crippen LogP contribution in [0, 0.1) is 0 Å². The Morgan fingerprint density at radius 2 is 1.64 bits per heavy atom. The van der Waals surface area contributed by atoms with Gasteiger partial charge in [-0.25, -0.2) is 0 Å². The molecule has 0 fully saturated rings. The number of hydrogen-bond donors (Lipinski definition) is 1. The third kappa shape index (κ3) is 6.58. The van der Waals surface area contributed by atoms with Crippen LogP contribution in [-0.2, 0) is 9.09 Å². The molecule has 1 atom stereocenters. The molecule has 1 N–H and O–H groups in total. The maximum atomic E-state index is 10.7. The van der Waals surface area contributed by atoms with Crippen molar-refractivity contribution in [2.24, 2.45) is 0 Å². The van der Waals surface area contributed by atoms with E-state index in [1.54, 1.807) is 0 Å². The fraction of sp³-hybridized carbons (Fsp3) is 1.00. The van der Waals surface area contributed by atoms with E-state index >= 15 is 0 Å². The molecule has 0 heterocycles. The Labute approximate surface area is 87.8 Å². The Balaban J connectivity index is 4.09. The van der Waals surface area contributed by atoms with Gasteiger partial charge in [0.05, 0.1) is 5.60 Å². The summed E-state index contributed by atoms with van der Waals surface area (Å²) in [6.45, 7) is 6.17. The average molecular weight is 222 g/mol. The lowest BCUT2D eigenvalue weighted by molar-refractivity contribution is 0.0611. The summed E-state index contributed by atoms with van der Waals surface area (Å²) in [6, 6.07) is 0. The van der Waals surface area contributed by atoms with Gasteiger partial charge in [-0.2, -0.15) is 0 Å². The van der Waals surface area contributed by atoms with Gasteiger partial charge in [-0.15, -0.1) is 0 Å². The first-order valence-corrected chi connectivity index (χ1v) is 6.72. The summed E-state index contributed by atoms with van der Waals surface area (Å²) >= 11 is 0. The second-order valence-corrected chi connectivity index (χ2v) is 4.76. The van der Waals surface area contributed by atoms with Gasteiger partial charge in [0.15, 0.2) is 0 Å². The highest BCUT2D eigenvalue weighted by Crippen LogP contribution is 2.34. The molecular formula is C10H23O3P. The lowest BCUT2D eigenvalue weighted by atomic mass is 9.93. The smallest absolute Gasteiger partial charge is 0.317 e. The van der Waals surface area contributed by atoms with Crippen molar-refractivity contribution < 1.29 is 14.0 Å². The molecule has 3 nitrogen and oxygen atoms in total. The minimum Gasteiger partial charge on any atom is -0.326 e. The fourth-order valence-corrected chi connectivity index (χ4v) is 2.16. The van der Waals surface area contributed by atoms with Crippen LogP contribution in [0.15, 0.2) is 0 Å². The van der Waals surface area contributed by atoms with E-state index in [0.29, 0.717) is 0 Å². The molecule has 0 saturated heterocycles. The van der Waals surface area contributed by atoms with Crippen LogP contribution < -0.4 is 0 Å². The zero-order valence-corrected chi connectivity index (χ0v) is 10.5. The summed E-state index contributed by atoms with van der Waals surface area (Å²) in [5.41, 5.74) is -0.392. The topological polar surface area (TPSA) is 46.5 Å². The predicted octanol–water partition coefficient (Wildman–Crippen LogP) is 3.52. The summed E-state index contributed by atoms with van der Waals surface area (Å²) in [4.78, 5) is 8.81. The number of unbranched alkanes of at least 4 members (excludes halogenated alkanes) is 2. The first kappa shape index (κ1) is 14.2. The number of hydrogen-bond acceptors (Lipinski definition) is 2. The summed E-state index contributed by atoms with van der Waals surface area (Å²) in [7, 11) is -2.80. The van der Waals surface area contributed by atoms with E-state index in [-0.39, 0.29) is 0 Å². The van der Waals surface area contributed by atoms with Gasteiger partial charge in [0.2, 0.25) is 0 Å². The van der Waals surface area contributed by atoms with Gasteiger partial charge in [-0.3, -0.25) is 4.57 Å². The summed E-state index contributed by atoms with van der Waals surface area (Å²) < 4.78 is 15.8. The van der Waals surface area contributed by atoms with E-state index in [0.717, 1.165) is 38.5 Å². The van der Waals surface area contributed by atoms with E-state index in [9.17, 15) is 4.57 Å². The Kier molecular flexibility index (Phi) is 7.52. The summed E-state index contributed by atoms with van der Waals surface area (Å²) in [6.07, 6.45) is 6.04. The quantitative estimate of drug-likeness (QED) is 0.639. The van der Waals surface area contributed by atoms with Crippen LogP contribution in [0.3, 0.4) is 0 Å². The molecule has 4 heteroatoms.